The van der Waals surface area contributed by atoms with Crippen LogP contribution in [0.2, 0.25) is 0 Å². The van der Waals surface area contributed by atoms with Crippen molar-refractivity contribution in [1.82, 2.24) is 5.32 Å². The zero-order chi connectivity index (χ0) is 15.7. The fourth-order valence-electron chi connectivity index (χ4n) is 2.10. The van der Waals surface area contributed by atoms with Gasteiger partial charge in [0, 0.05) is 11.5 Å². The second kappa shape index (κ2) is 8.29. The number of hydrogen-bond donors (Lipinski definition) is 1. The molecule has 0 fully saturated rings. The molecule has 6 heteroatoms. The summed E-state index contributed by atoms with van der Waals surface area (Å²) in [7, 11) is 1.38. The van der Waals surface area contributed by atoms with Crippen LogP contribution in [-0.4, -0.2) is 26.2 Å². The molecule has 0 heterocycles. The molecule has 1 unspecified atom stereocenters. The van der Waals surface area contributed by atoms with Crippen molar-refractivity contribution in [3.8, 4) is 0 Å². The number of aryl methyl sites for hydroxylation is 1. The quantitative estimate of drug-likeness (QED) is 0.262. The smallest absolute Gasteiger partial charge is 0.330 e. The largest absolute Gasteiger partial charge is 0.467 e. The topological polar surface area (TPSA) is 87.1 Å². The Balaban J connectivity index is 2.86. The molecule has 6 nitrogen and oxygen atoms in total. The Morgan fingerprint density at radius 3 is 2.62 bits per heavy atom. The lowest BCUT2D eigenvalue weighted by Crippen LogP contribution is -2.47. The number of benzene rings is 1. The van der Waals surface area contributed by atoms with Crippen molar-refractivity contribution >= 4 is 5.97 Å². The minimum atomic E-state index is -0.905. The van der Waals surface area contributed by atoms with Crippen molar-refractivity contribution < 1.29 is 9.53 Å². The maximum absolute atomic E-state index is 12.1. The molecule has 0 aliphatic rings. The highest BCUT2D eigenvalue weighted by atomic mass is 16.5. The van der Waals surface area contributed by atoms with E-state index in [-0.39, 0.29) is 5.97 Å². The average Bonchev–Trinajstić information content (AvgIpc) is 2.53. The fraction of sp³-hybridized carbons (Fsp3) is 0.533. The summed E-state index contributed by atoms with van der Waals surface area (Å²) in [5.41, 5.74) is 9.41. The molecule has 0 radical (unpaired) electrons. The Kier molecular flexibility index (Phi) is 6.72. The summed E-state index contributed by atoms with van der Waals surface area (Å²) >= 11 is 0. The number of hydrogen-bond acceptors (Lipinski definition) is 4. The second-order valence-electron chi connectivity index (χ2n) is 4.90. The number of esters is 1. The molecule has 0 aliphatic carbocycles. The van der Waals surface area contributed by atoms with Crippen LogP contribution in [0, 0.1) is 0 Å². The van der Waals surface area contributed by atoms with Gasteiger partial charge in [0.25, 0.3) is 0 Å². The van der Waals surface area contributed by atoms with Gasteiger partial charge in [0.15, 0.2) is 0 Å². The van der Waals surface area contributed by atoms with E-state index in [0.29, 0.717) is 19.5 Å². The third-order valence-electron chi connectivity index (χ3n) is 3.51. The highest BCUT2D eigenvalue weighted by Gasteiger charge is 2.35. The van der Waals surface area contributed by atoms with Crippen molar-refractivity contribution in [3.63, 3.8) is 0 Å². The van der Waals surface area contributed by atoms with E-state index in [0.717, 1.165) is 12.0 Å². The monoisotopic (exact) mass is 290 g/mol. The Hall–Kier alpha value is -2.04. The van der Waals surface area contributed by atoms with Crippen LogP contribution in [0.3, 0.4) is 0 Å². The number of nitrogens with zero attached hydrogens (tertiary/aromatic N) is 3. The SMILES string of the molecule is CCc1ccc(C(C)(NCCCN=[N+]=[N-])C(=O)OC)cc1. The van der Waals surface area contributed by atoms with Gasteiger partial charge in [-0.1, -0.05) is 36.3 Å². The van der Waals surface area contributed by atoms with Crippen molar-refractivity contribution in [3.05, 3.63) is 45.8 Å². The average molecular weight is 290 g/mol. The lowest BCUT2D eigenvalue weighted by Gasteiger charge is -2.28. The van der Waals surface area contributed by atoms with E-state index in [4.69, 9.17) is 10.3 Å². The number of carbonyl (C=O) groups is 1. The molecule has 0 saturated carbocycles. The van der Waals surface area contributed by atoms with Gasteiger partial charge in [0.1, 0.15) is 5.54 Å². The minimum absolute atomic E-state index is 0.337. The first-order chi connectivity index (χ1) is 10.1. The van der Waals surface area contributed by atoms with E-state index >= 15 is 0 Å². The van der Waals surface area contributed by atoms with Gasteiger partial charge >= 0.3 is 5.97 Å². The number of ether oxygens (including phenoxy) is 1. The molecule has 0 amide bonds. The first kappa shape index (κ1) is 17.0. The number of nitrogens with one attached hydrogen (secondary N) is 1. The molecule has 1 N–H and O–H groups in total. The summed E-state index contributed by atoms with van der Waals surface area (Å²) in [6.07, 6.45) is 1.61. The third kappa shape index (κ3) is 4.48. The third-order valence-corrected chi connectivity index (χ3v) is 3.51. The van der Waals surface area contributed by atoms with Crippen molar-refractivity contribution in [2.75, 3.05) is 20.2 Å². The first-order valence-electron chi connectivity index (χ1n) is 7.02. The van der Waals surface area contributed by atoms with Gasteiger partial charge in [0.2, 0.25) is 0 Å². The highest BCUT2D eigenvalue weighted by Crippen LogP contribution is 2.23. The van der Waals surface area contributed by atoms with Gasteiger partial charge in [-0.3, -0.25) is 5.32 Å². The summed E-state index contributed by atoms with van der Waals surface area (Å²) < 4.78 is 4.92. The summed E-state index contributed by atoms with van der Waals surface area (Å²) in [6.45, 7) is 4.84. The van der Waals surface area contributed by atoms with E-state index in [1.54, 1.807) is 6.92 Å². The van der Waals surface area contributed by atoms with E-state index in [1.807, 2.05) is 24.3 Å². The molecule has 0 bridgehead atoms. The van der Waals surface area contributed by atoms with Gasteiger partial charge in [-0.25, -0.2) is 4.79 Å². The van der Waals surface area contributed by atoms with E-state index in [2.05, 4.69) is 22.3 Å². The van der Waals surface area contributed by atoms with Crippen LogP contribution in [0.1, 0.15) is 31.4 Å². The molecule has 0 aromatic heterocycles. The second-order valence-corrected chi connectivity index (χ2v) is 4.90. The van der Waals surface area contributed by atoms with E-state index in [9.17, 15) is 4.79 Å². The minimum Gasteiger partial charge on any atom is -0.467 e. The van der Waals surface area contributed by atoms with Gasteiger partial charge in [0.05, 0.1) is 7.11 Å². The Morgan fingerprint density at radius 1 is 1.43 bits per heavy atom. The van der Waals surface area contributed by atoms with Crippen LogP contribution < -0.4 is 5.32 Å². The molecular formula is C15H22N4O2. The zero-order valence-electron chi connectivity index (χ0n) is 12.8. The number of azide groups is 1. The normalized spacial score (nSPS) is 13.1. The maximum Gasteiger partial charge on any atom is 0.330 e. The number of methoxy groups -OCH3 is 1. The molecule has 1 aromatic rings. The van der Waals surface area contributed by atoms with E-state index in [1.165, 1.54) is 12.7 Å². The summed E-state index contributed by atoms with van der Waals surface area (Å²) in [4.78, 5) is 14.8. The molecule has 1 aromatic carbocycles. The molecule has 114 valence electrons. The van der Waals surface area contributed by atoms with Gasteiger partial charge in [-0.2, -0.15) is 0 Å². The van der Waals surface area contributed by atoms with Gasteiger partial charge < -0.3 is 4.74 Å². The predicted molar refractivity (Wildman–Crippen MR) is 81.8 cm³/mol. The molecule has 1 atom stereocenters. The van der Waals surface area contributed by atoms with Crippen molar-refractivity contribution in [1.29, 1.82) is 0 Å². The fourth-order valence-corrected chi connectivity index (χ4v) is 2.10. The highest BCUT2D eigenvalue weighted by molar-refractivity contribution is 5.82. The number of carbonyl (C=O) groups excluding carboxylic acids is 1. The van der Waals surface area contributed by atoms with Crippen molar-refractivity contribution in [2.45, 2.75) is 32.2 Å². The van der Waals surface area contributed by atoms with Crippen LogP contribution >= 0.6 is 0 Å². The standard InChI is InChI=1S/C15H22N4O2/c1-4-12-6-8-13(9-7-12)15(2,14(20)21-3)17-10-5-11-18-19-16/h6-9,17H,4-5,10-11H2,1-3H3. The van der Waals surface area contributed by atoms with Crippen LogP contribution in [0.15, 0.2) is 29.4 Å². The molecule has 0 spiro atoms. The number of rotatable bonds is 8. The van der Waals surface area contributed by atoms with Crippen molar-refractivity contribution in [2.24, 2.45) is 5.11 Å². The van der Waals surface area contributed by atoms with E-state index < -0.39 is 5.54 Å². The molecule has 21 heavy (non-hydrogen) atoms. The van der Waals surface area contributed by atoms with Crippen LogP contribution in [-0.2, 0) is 21.5 Å². The predicted octanol–water partition coefficient (Wildman–Crippen LogP) is 2.93. The first-order valence-corrected chi connectivity index (χ1v) is 7.02. The van der Waals surface area contributed by atoms with Crippen LogP contribution in [0.4, 0.5) is 0 Å². The molecule has 0 saturated heterocycles. The lowest BCUT2D eigenvalue weighted by molar-refractivity contribution is -0.148. The molecular weight excluding hydrogens is 268 g/mol. The maximum atomic E-state index is 12.1. The van der Waals surface area contributed by atoms with Gasteiger partial charge in [-0.05, 0) is 43.0 Å². The summed E-state index contributed by atoms with van der Waals surface area (Å²) in [5.74, 6) is -0.337. The Labute approximate surface area is 125 Å². The summed E-state index contributed by atoms with van der Waals surface area (Å²) in [5, 5.41) is 6.68. The Morgan fingerprint density at radius 2 is 2.10 bits per heavy atom. The molecule has 0 aliphatic heterocycles. The lowest BCUT2D eigenvalue weighted by atomic mass is 9.91. The summed E-state index contributed by atoms with van der Waals surface area (Å²) in [6, 6.07) is 7.91. The zero-order valence-corrected chi connectivity index (χ0v) is 12.8. The van der Waals surface area contributed by atoms with Crippen LogP contribution in [0.25, 0.3) is 10.4 Å². The van der Waals surface area contributed by atoms with Crippen LogP contribution in [0.5, 0.6) is 0 Å². The Bertz CT molecular complexity index is 509. The molecule has 1 rings (SSSR count). The van der Waals surface area contributed by atoms with Gasteiger partial charge in [-0.15, -0.1) is 0 Å².